The molecule has 0 amide bonds. The highest BCUT2D eigenvalue weighted by atomic mass is 19.4. The highest BCUT2D eigenvalue weighted by molar-refractivity contribution is 4.49. The molecule has 0 aliphatic rings. The van der Waals surface area contributed by atoms with E-state index in [1.807, 2.05) is 0 Å². The van der Waals surface area contributed by atoms with E-state index in [0.717, 1.165) is 0 Å². The van der Waals surface area contributed by atoms with Crippen LogP contribution >= 0.6 is 0 Å². The van der Waals surface area contributed by atoms with Crippen molar-refractivity contribution < 1.29 is 23.4 Å². The van der Waals surface area contributed by atoms with Crippen LogP contribution in [0.3, 0.4) is 0 Å². The third kappa shape index (κ3) is 5.71. The van der Waals surface area contributed by atoms with E-state index in [1.165, 1.54) is 0 Å². The molecule has 0 rings (SSSR count). The number of hydrogen-bond acceptors (Lipinski definition) is 2. The van der Waals surface area contributed by atoms with E-state index in [9.17, 15) is 13.2 Å². The highest BCUT2D eigenvalue weighted by Gasteiger charge is 2.29. The lowest BCUT2D eigenvalue weighted by molar-refractivity contribution is -0.188. The van der Waals surface area contributed by atoms with E-state index < -0.39 is 18.9 Å². The first kappa shape index (κ1) is 7.71. The van der Waals surface area contributed by atoms with Gasteiger partial charge in [0.05, 0.1) is 6.42 Å². The second-order valence-corrected chi connectivity index (χ2v) is 1.30. The van der Waals surface area contributed by atoms with Gasteiger partial charge in [-0.3, -0.25) is 0 Å². The van der Waals surface area contributed by atoms with E-state index >= 15 is 0 Å². The summed E-state index contributed by atoms with van der Waals surface area (Å²) in [4.78, 5) is 0. The van der Waals surface area contributed by atoms with Gasteiger partial charge in [-0.25, -0.2) is 0 Å². The zero-order valence-electron chi connectivity index (χ0n) is 3.81. The maximum Gasteiger partial charge on any atom is 0.393 e. The molecule has 0 saturated heterocycles. The van der Waals surface area contributed by atoms with Gasteiger partial charge < -0.3 is 10.2 Å². The molecule has 0 aliphatic heterocycles. The summed E-state index contributed by atoms with van der Waals surface area (Å²) in [5.74, 6) is 0. The average Bonchev–Trinajstić information content (AvgIpc) is 1.21. The Labute approximate surface area is 43.6 Å². The fourth-order valence-corrected chi connectivity index (χ4v) is 0.207. The summed E-state index contributed by atoms with van der Waals surface area (Å²) in [5, 5.41) is 15.4. The molecular weight excluding hydrogens is 125 g/mol. The molecule has 0 aromatic carbocycles. The number of halogens is 3. The number of alkyl halides is 3. The van der Waals surface area contributed by atoms with Gasteiger partial charge in [-0.15, -0.1) is 0 Å². The van der Waals surface area contributed by atoms with E-state index in [4.69, 9.17) is 10.2 Å². The molecule has 0 atom stereocenters. The maximum absolute atomic E-state index is 11.0. The molecule has 0 fully saturated rings. The van der Waals surface area contributed by atoms with Crippen molar-refractivity contribution in [3.05, 3.63) is 0 Å². The van der Waals surface area contributed by atoms with Crippen molar-refractivity contribution in [1.29, 1.82) is 0 Å². The van der Waals surface area contributed by atoms with Crippen LogP contribution in [-0.4, -0.2) is 22.7 Å². The first-order valence-electron chi connectivity index (χ1n) is 1.85. The van der Waals surface area contributed by atoms with Crippen molar-refractivity contribution >= 4 is 0 Å². The standard InChI is InChI=1S/C3H5F3O2/c4-3(5,6)1-2(7)8/h2,7-8H,1H2. The first-order chi connectivity index (χ1) is 3.42. The predicted molar refractivity (Wildman–Crippen MR) is 18.9 cm³/mol. The molecule has 8 heavy (non-hydrogen) atoms. The maximum atomic E-state index is 11.0. The van der Waals surface area contributed by atoms with Gasteiger partial charge >= 0.3 is 6.18 Å². The van der Waals surface area contributed by atoms with Crippen LogP contribution in [0.5, 0.6) is 0 Å². The second-order valence-electron chi connectivity index (χ2n) is 1.30. The van der Waals surface area contributed by atoms with E-state index in [2.05, 4.69) is 0 Å². The van der Waals surface area contributed by atoms with Crippen LogP contribution < -0.4 is 0 Å². The fraction of sp³-hybridized carbons (Fsp3) is 1.00. The molecule has 0 saturated carbocycles. The zero-order chi connectivity index (χ0) is 6.78. The summed E-state index contributed by atoms with van der Waals surface area (Å²) in [7, 11) is 0. The second kappa shape index (κ2) is 2.32. The van der Waals surface area contributed by atoms with Crippen molar-refractivity contribution in [2.75, 3.05) is 0 Å². The number of aliphatic hydroxyl groups is 2. The van der Waals surface area contributed by atoms with Gasteiger partial charge in [0.25, 0.3) is 0 Å². The normalized spacial score (nSPS) is 12.8. The van der Waals surface area contributed by atoms with Crippen molar-refractivity contribution in [3.63, 3.8) is 0 Å². The van der Waals surface area contributed by atoms with Gasteiger partial charge in [-0.1, -0.05) is 0 Å². The van der Waals surface area contributed by atoms with Crippen molar-refractivity contribution in [2.45, 2.75) is 18.9 Å². The van der Waals surface area contributed by atoms with E-state index in [-0.39, 0.29) is 0 Å². The Balaban J connectivity index is 3.39. The van der Waals surface area contributed by atoms with Gasteiger partial charge in [0, 0.05) is 0 Å². The van der Waals surface area contributed by atoms with Gasteiger partial charge in [0.15, 0.2) is 6.29 Å². The number of aliphatic hydroxyl groups excluding tert-OH is 1. The Bertz CT molecular complexity index is 67.4. The van der Waals surface area contributed by atoms with Crippen LogP contribution in [0.4, 0.5) is 13.2 Å². The third-order valence-corrected chi connectivity index (χ3v) is 0.414. The molecule has 0 radical (unpaired) electrons. The largest absolute Gasteiger partial charge is 0.393 e. The molecule has 5 heteroatoms. The lowest BCUT2D eigenvalue weighted by atomic mass is 10.4. The van der Waals surface area contributed by atoms with Gasteiger partial charge in [-0.05, 0) is 0 Å². The van der Waals surface area contributed by atoms with Crippen LogP contribution in [0.1, 0.15) is 6.42 Å². The minimum atomic E-state index is -4.48. The average molecular weight is 130 g/mol. The van der Waals surface area contributed by atoms with E-state index in [0.29, 0.717) is 0 Å². The Kier molecular flexibility index (Phi) is 2.24. The van der Waals surface area contributed by atoms with Crippen molar-refractivity contribution in [2.24, 2.45) is 0 Å². The van der Waals surface area contributed by atoms with Crippen LogP contribution in [0.15, 0.2) is 0 Å². The van der Waals surface area contributed by atoms with Crippen LogP contribution in [0, 0.1) is 0 Å². The molecule has 0 unspecified atom stereocenters. The lowest BCUT2D eigenvalue weighted by Gasteiger charge is -2.05. The summed E-state index contributed by atoms with van der Waals surface area (Å²) in [6.07, 6.45) is -8.32. The molecule has 2 N–H and O–H groups in total. The van der Waals surface area contributed by atoms with Gasteiger partial charge in [-0.2, -0.15) is 13.2 Å². The summed E-state index contributed by atoms with van der Waals surface area (Å²) >= 11 is 0. The Morgan fingerprint density at radius 1 is 1.25 bits per heavy atom. The van der Waals surface area contributed by atoms with Crippen LogP contribution in [-0.2, 0) is 0 Å². The summed E-state index contributed by atoms with van der Waals surface area (Å²) < 4.78 is 33.0. The molecule has 0 bridgehead atoms. The van der Waals surface area contributed by atoms with Crippen LogP contribution in [0.25, 0.3) is 0 Å². The van der Waals surface area contributed by atoms with E-state index in [1.54, 1.807) is 0 Å². The zero-order valence-corrected chi connectivity index (χ0v) is 3.81. The third-order valence-electron chi connectivity index (χ3n) is 0.414. The molecule has 2 nitrogen and oxygen atoms in total. The highest BCUT2D eigenvalue weighted by Crippen LogP contribution is 2.20. The molecular formula is C3H5F3O2. The predicted octanol–water partition coefficient (Wildman–Crippen LogP) is 0.250. The van der Waals surface area contributed by atoms with Gasteiger partial charge in [0.1, 0.15) is 0 Å². The summed E-state index contributed by atoms with van der Waals surface area (Å²) in [5.41, 5.74) is 0. The molecule has 0 aromatic heterocycles. The minimum absolute atomic E-state index is 1.56. The summed E-state index contributed by atoms with van der Waals surface area (Å²) in [6.45, 7) is 0. The van der Waals surface area contributed by atoms with Crippen molar-refractivity contribution in [1.82, 2.24) is 0 Å². The topological polar surface area (TPSA) is 40.5 Å². The van der Waals surface area contributed by atoms with Crippen LogP contribution in [0.2, 0.25) is 0 Å². The number of rotatable bonds is 1. The Morgan fingerprint density at radius 2 is 1.62 bits per heavy atom. The van der Waals surface area contributed by atoms with Crippen molar-refractivity contribution in [3.8, 4) is 0 Å². The monoisotopic (exact) mass is 130 g/mol. The number of hydrogen-bond donors (Lipinski definition) is 2. The lowest BCUT2D eigenvalue weighted by Crippen LogP contribution is -2.18. The Hall–Kier alpha value is -0.290. The molecule has 0 aromatic rings. The SMILES string of the molecule is OC(O)CC(F)(F)F. The molecule has 0 aliphatic carbocycles. The smallest absolute Gasteiger partial charge is 0.368 e. The molecule has 0 spiro atoms. The quantitative estimate of drug-likeness (QED) is 0.499. The molecule has 50 valence electrons. The van der Waals surface area contributed by atoms with Gasteiger partial charge in [0.2, 0.25) is 0 Å². The molecule has 0 heterocycles. The first-order valence-corrected chi connectivity index (χ1v) is 1.85. The summed E-state index contributed by atoms with van der Waals surface area (Å²) in [6, 6.07) is 0. The minimum Gasteiger partial charge on any atom is -0.368 e. The Morgan fingerprint density at radius 3 is 1.62 bits per heavy atom. The fourth-order valence-electron chi connectivity index (χ4n) is 0.207.